The Bertz CT molecular complexity index is 461. The molecule has 0 heterocycles. The fourth-order valence-corrected chi connectivity index (χ4v) is 1.79. The Morgan fingerprint density at radius 2 is 2.11 bits per heavy atom. The number of benzene rings is 1. The summed E-state index contributed by atoms with van der Waals surface area (Å²) in [6.45, 7) is 2.08. The lowest BCUT2D eigenvalue weighted by atomic mass is 9.93. The number of rotatable bonds is 6. The molecular formula is C15H19NO3. The Labute approximate surface area is 113 Å². The van der Waals surface area contributed by atoms with Crippen LogP contribution in [0.3, 0.4) is 0 Å². The highest BCUT2D eigenvalue weighted by Crippen LogP contribution is 2.17. The molecule has 1 atom stereocenters. The number of nitrogens with one attached hydrogen (secondary N) is 1. The van der Waals surface area contributed by atoms with Gasteiger partial charge in [-0.2, -0.15) is 0 Å². The summed E-state index contributed by atoms with van der Waals surface area (Å²) in [4.78, 5) is 11.8. The summed E-state index contributed by atoms with van der Waals surface area (Å²) in [5, 5.41) is 12.2. The van der Waals surface area contributed by atoms with Gasteiger partial charge in [0.2, 0.25) is 0 Å². The van der Waals surface area contributed by atoms with Crippen LogP contribution in [0, 0.1) is 12.3 Å². The summed E-state index contributed by atoms with van der Waals surface area (Å²) in [7, 11) is 1.36. The van der Waals surface area contributed by atoms with Crippen LogP contribution >= 0.6 is 0 Å². The fraction of sp³-hybridized carbons (Fsp3) is 0.400. The second kappa shape index (κ2) is 6.81. The molecular weight excluding hydrogens is 242 g/mol. The summed E-state index contributed by atoms with van der Waals surface area (Å²) in [5.74, 6) is 2.35. The number of phenolic OH excluding ortho intramolecular Hbond substituents is 1. The number of carbonyl (C=O) groups is 1. The Kier molecular flexibility index (Phi) is 5.40. The van der Waals surface area contributed by atoms with Gasteiger partial charge in [-0.3, -0.25) is 10.1 Å². The quantitative estimate of drug-likeness (QED) is 0.601. The van der Waals surface area contributed by atoms with Crippen molar-refractivity contribution in [2.24, 2.45) is 0 Å². The van der Waals surface area contributed by atoms with Crippen LogP contribution in [-0.2, 0) is 16.0 Å². The molecule has 4 heteroatoms. The highest BCUT2D eigenvalue weighted by Gasteiger charge is 2.33. The van der Waals surface area contributed by atoms with Crippen LogP contribution in [0.15, 0.2) is 24.3 Å². The van der Waals surface area contributed by atoms with Gasteiger partial charge in [-0.05, 0) is 37.5 Å². The largest absolute Gasteiger partial charge is 0.508 e. The molecule has 19 heavy (non-hydrogen) atoms. The van der Waals surface area contributed by atoms with Gasteiger partial charge < -0.3 is 9.84 Å². The molecule has 1 aromatic rings. The fourth-order valence-electron chi connectivity index (χ4n) is 1.79. The van der Waals surface area contributed by atoms with E-state index in [9.17, 15) is 9.90 Å². The molecule has 0 aromatic heterocycles. The lowest BCUT2D eigenvalue weighted by molar-refractivity contribution is -0.148. The van der Waals surface area contributed by atoms with Crippen LogP contribution in [0.25, 0.3) is 0 Å². The van der Waals surface area contributed by atoms with E-state index in [1.807, 2.05) is 12.1 Å². The molecule has 1 unspecified atom stereocenters. The summed E-state index contributed by atoms with van der Waals surface area (Å²) in [5.41, 5.74) is 0.231. The highest BCUT2D eigenvalue weighted by molar-refractivity contribution is 5.80. The lowest BCUT2D eigenvalue weighted by Crippen LogP contribution is -2.50. The molecule has 102 valence electrons. The van der Waals surface area contributed by atoms with E-state index in [2.05, 4.69) is 11.2 Å². The zero-order valence-corrected chi connectivity index (χ0v) is 11.3. The number of aromatic hydroxyl groups is 1. The predicted octanol–water partition coefficient (Wildman–Crippen LogP) is 1.48. The van der Waals surface area contributed by atoms with E-state index in [0.29, 0.717) is 19.4 Å². The van der Waals surface area contributed by atoms with Gasteiger partial charge in [0.25, 0.3) is 0 Å². The Morgan fingerprint density at radius 3 is 2.63 bits per heavy atom. The van der Waals surface area contributed by atoms with Crippen molar-refractivity contribution in [2.45, 2.75) is 25.3 Å². The van der Waals surface area contributed by atoms with Gasteiger partial charge in [-0.25, -0.2) is 0 Å². The van der Waals surface area contributed by atoms with E-state index >= 15 is 0 Å². The van der Waals surface area contributed by atoms with Crippen LogP contribution < -0.4 is 5.32 Å². The number of carbonyl (C=O) groups excluding carboxylic acids is 1. The van der Waals surface area contributed by atoms with Crippen molar-refractivity contribution >= 4 is 5.97 Å². The Balaban J connectivity index is 2.70. The second-order valence-electron chi connectivity index (χ2n) is 4.55. The summed E-state index contributed by atoms with van der Waals surface area (Å²) in [6.07, 6.45) is 6.45. The van der Waals surface area contributed by atoms with E-state index in [1.165, 1.54) is 7.11 Å². The smallest absolute Gasteiger partial charge is 0.325 e. The number of hydrogen-bond donors (Lipinski definition) is 2. The van der Waals surface area contributed by atoms with Crippen molar-refractivity contribution in [3.05, 3.63) is 29.8 Å². The van der Waals surface area contributed by atoms with Gasteiger partial charge in [0, 0.05) is 0 Å². The van der Waals surface area contributed by atoms with Gasteiger partial charge in [0.1, 0.15) is 11.3 Å². The molecule has 0 aliphatic rings. The molecule has 0 saturated heterocycles. The molecule has 0 amide bonds. The van der Waals surface area contributed by atoms with Crippen LogP contribution in [0.2, 0.25) is 0 Å². The van der Waals surface area contributed by atoms with Crippen LogP contribution in [0.1, 0.15) is 18.9 Å². The van der Waals surface area contributed by atoms with E-state index in [0.717, 1.165) is 5.56 Å². The summed E-state index contributed by atoms with van der Waals surface area (Å²) >= 11 is 0. The molecule has 1 rings (SSSR count). The van der Waals surface area contributed by atoms with E-state index < -0.39 is 5.54 Å². The van der Waals surface area contributed by atoms with Gasteiger partial charge in [-0.15, -0.1) is 6.42 Å². The number of terminal acetylenes is 1. The molecule has 0 saturated carbocycles. The van der Waals surface area contributed by atoms with Crippen molar-refractivity contribution < 1.29 is 14.6 Å². The van der Waals surface area contributed by atoms with Crippen molar-refractivity contribution in [2.75, 3.05) is 13.7 Å². The van der Waals surface area contributed by atoms with E-state index in [-0.39, 0.29) is 11.7 Å². The van der Waals surface area contributed by atoms with Crippen molar-refractivity contribution in [1.82, 2.24) is 5.32 Å². The first kappa shape index (κ1) is 15.1. The van der Waals surface area contributed by atoms with Crippen LogP contribution in [0.4, 0.5) is 0 Å². The molecule has 2 N–H and O–H groups in total. The van der Waals surface area contributed by atoms with Gasteiger partial charge >= 0.3 is 5.97 Å². The SMILES string of the molecule is C#CCNC(C)(CCc1ccc(O)cc1)C(=O)OC. The minimum Gasteiger partial charge on any atom is -0.508 e. The predicted molar refractivity (Wildman–Crippen MR) is 73.7 cm³/mol. The van der Waals surface area contributed by atoms with Crippen LogP contribution in [-0.4, -0.2) is 30.3 Å². The Hall–Kier alpha value is -1.99. The van der Waals surface area contributed by atoms with Crippen LogP contribution in [0.5, 0.6) is 5.75 Å². The monoisotopic (exact) mass is 261 g/mol. The van der Waals surface area contributed by atoms with Crippen molar-refractivity contribution in [1.29, 1.82) is 0 Å². The molecule has 0 fully saturated rings. The number of esters is 1. The molecule has 0 aliphatic carbocycles. The first-order valence-electron chi connectivity index (χ1n) is 6.06. The summed E-state index contributed by atoms with van der Waals surface area (Å²) in [6, 6.07) is 6.90. The number of hydrogen-bond acceptors (Lipinski definition) is 4. The molecule has 0 aliphatic heterocycles. The van der Waals surface area contributed by atoms with Crippen molar-refractivity contribution in [3.63, 3.8) is 0 Å². The van der Waals surface area contributed by atoms with Gasteiger partial charge in [0.05, 0.1) is 13.7 Å². The van der Waals surface area contributed by atoms with Crippen molar-refractivity contribution in [3.8, 4) is 18.1 Å². The lowest BCUT2D eigenvalue weighted by Gasteiger charge is -2.27. The molecule has 0 spiro atoms. The molecule has 1 aromatic carbocycles. The number of phenols is 1. The average Bonchev–Trinajstić information content (AvgIpc) is 2.43. The minimum absolute atomic E-state index is 0.227. The number of aryl methyl sites for hydroxylation is 1. The summed E-state index contributed by atoms with van der Waals surface area (Å²) < 4.78 is 4.81. The Morgan fingerprint density at radius 1 is 1.47 bits per heavy atom. The first-order valence-corrected chi connectivity index (χ1v) is 6.06. The zero-order chi connectivity index (χ0) is 14.3. The van der Waals surface area contributed by atoms with E-state index in [1.54, 1.807) is 19.1 Å². The molecule has 4 nitrogen and oxygen atoms in total. The third kappa shape index (κ3) is 4.31. The highest BCUT2D eigenvalue weighted by atomic mass is 16.5. The standard InChI is InChI=1S/C15H19NO3/c1-4-11-16-15(2,14(18)19-3)10-9-12-5-7-13(17)8-6-12/h1,5-8,16-17H,9-11H2,2-3H3. The topological polar surface area (TPSA) is 58.6 Å². The first-order chi connectivity index (χ1) is 9.01. The maximum absolute atomic E-state index is 11.8. The maximum atomic E-state index is 11.8. The normalized spacial score (nSPS) is 13.3. The maximum Gasteiger partial charge on any atom is 0.325 e. The average molecular weight is 261 g/mol. The number of methoxy groups -OCH3 is 1. The third-order valence-electron chi connectivity index (χ3n) is 3.07. The minimum atomic E-state index is -0.807. The zero-order valence-electron chi connectivity index (χ0n) is 11.3. The third-order valence-corrected chi connectivity index (χ3v) is 3.07. The molecule has 0 radical (unpaired) electrons. The molecule has 0 bridgehead atoms. The van der Waals surface area contributed by atoms with E-state index in [4.69, 9.17) is 11.2 Å². The second-order valence-corrected chi connectivity index (χ2v) is 4.55. The number of ether oxygens (including phenoxy) is 1. The van der Waals surface area contributed by atoms with Gasteiger partial charge in [0.15, 0.2) is 0 Å². The van der Waals surface area contributed by atoms with Gasteiger partial charge in [-0.1, -0.05) is 18.1 Å².